The summed E-state index contributed by atoms with van der Waals surface area (Å²) >= 11 is 11.4. The molecule has 4 unspecified atom stereocenters. The molecule has 0 radical (unpaired) electrons. The molecule has 1 amide bonds. The molecule has 0 aromatic heterocycles. The summed E-state index contributed by atoms with van der Waals surface area (Å²) in [5.41, 5.74) is 6.53. The van der Waals surface area contributed by atoms with Gasteiger partial charge in [-0.2, -0.15) is 0 Å². The van der Waals surface area contributed by atoms with E-state index in [1.54, 1.807) is 0 Å². The van der Waals surface area contributed by atoms with Crippen LogP contribution in [0.2, 0.25) is 10.0 Å². The van der Waals surface area contributed by atoms with Gasteiger partial charge in [0.05, 0.1) is 16.0 Å². The van der Waals surface area contributed by atoms with E-state index in [4.69, 9.17) is 28.9 Å². The Morgan fingerprint density at radius 1 is 1.25 bits per heavy atom. The van der Waals surface area contributed by atoms with E-state index in [1.165, 1.54) is 12.1 Å². The molecule has 1 aromatic carbocycles. The lowest BCUT2D eigenvalue weighted by Crippen LogP contribution is -2.42. The number of carbonyl (C=O) groups excluding carboxylic acids is 1. The smallest absolute Gasteiger partial charge is 0.229 e. The monoisotopic (exact) mass is 316 g/mol. The molecule has 0 spiro atoms. The van der Waals surface area contributed by atoms with Gasteiger partial charge in [-0.05, 0) is 43.2 Å². The molecule has 2 aliphatic carbocycles. The predicted molar refractivity (Wildman–Crippen MR) is 77.3 cm³/mol. The highest BCUT2D eigenvalue weighted by Gasteiger charge is 2.49. The molecule has 20 heavy (non-hydrogen) atoms. The molecule has 0 aliphatic heterocycles. The predicted octanol–water partition coefficient (Wildman–Crippen LogP) is 3.44. The fraction of sp³-hybridized carbons (Fsp3) is 0.500. The fourth-order valence-electron chi connectivity index (χ4n) is 3.58. The number of halogens is 3. The third kappa shape index (κ3) is 2.30. The van der Waals surface area contributed by atoms with Gasteiger partial charge in [0.2, 0.25) is 5.91 Å². The number of nitrogens with one attached hydrogen (secondary N) is 1. The number of rotatable bonds is 2. The summed E-state index contributed by atoms with van der Waals surface area (Å²) in [6.45, 7) is 0. The molecule has 1 aromatic rings. The zero-order chi connectivity index (χ0) is 14.4. The van der Waals surface area contributed by atoms with Gasteiger partial charge in [-0.15, -0.1) is 0 Å². The minimum absolute atomic E-state index is 0.0832. The van der Waals surface area contributed by atoms with Crippen LogP contribution in [0.5, 0.6) is 0 Å². The first-order valence-electron chi connectivity index (χ1n) is 6.68. The maximum atomic E-state index is 13.3. The van der Waals surface area contributed by atoms with E-state index in [1.807, 2.05) is 0 Å². The van der Waals surface area contributed by atoms with Gasteiger partial charge in [0.25, 0.3) is 0 Å². The molecule has 2 saturated carbocycles. The highest BCUT2D eigenvalue weighted by molar-refractivity contribution is 6.35. The summed E-state index contributed by atoms with van der Waals surface area (Å²) in [7, 11) is 0. The second kappa shape index (κ2) is 5.17. The molecular weight excluding hydrogens is 302 g/mol. The van der Waals surface area contributed by atoms with Crippen LogP contribution in [0, 0.1) is 23.6 Å². The van der Waals surface area contributed by atoms with E-state index in [2.05, 4.69) is 5.32 Å². The quantitative estimate of drug-likeness (QED) is 0.821. The van der Waals surface area contributed by atoms with Crippen LogP contribution in [0.4, 0.5) is 10.1 Å². The molecule has 2 fully saturated rings. The van der Waals surface area contributed by atoms with Crippen LogP contribution in [-0.4, -0.2) is 11.9 Å². The number of amides is 1. The molecule has 6 heteroatoms. The maximum absolute atomic E-state index is 13.3. The van der Waals surface area contributed by atoms with Gasteiger partial charge in [0.15, 0.2) is 5.82 Å². The first-order valence-corrected chi connectivity index (χ1v) is 7.44. The molecule has 3 rings (SSSR count). The number of carbonyl (C=O) groups is 1. The SMILES string of the molecule is NC1C2CCC(C2)C1C(=O)Nc1cc(Cl)c(F)c(Cl)c1. The summed E-state index contributed by atoms with van der Waals surface area (Å²) in [5, 5.41) is 2.54. The summed E-state index contributed by atoms with van der Waals surface area (Å²) in [6, 6.07) is 2.64. The van der Waals surface area contributed by atoms with Crippen molar-refractivity contribution in [3.63, 3.8) is 0 Å². The number of anilines is 1. The van der Waals surface area contributed by atoms with E-state index in [0.717, 1.165) is 19.3 Å². The average molecular weight is 317 g/mol. The average Bonchev–Trinajstić information content (AvgIpc) is 2.96. The van der Waals surface area contributed by atoms with Crippen molar-refractivity contribution >= 4 is 34.8 Å². The summed E-state index contributed by atoms with van der Waals surface area (Å²) in [6.07, 6.45) is 3.20. The van der Waals surface area contributed by atoms with Crippen molar-refractivity contribution in [3.05, 3.63) is 28.0 Å². The molecule has 4 atom stereocenters. The van der Waals surface area contributed by atoms with Crippen LogP contribution in [0.1, 0.15) is 19.3 Å². The molecule has 3 nitrogen and oxygen atoms in total. The fourth-order valence-corrected chi connectivity index (χ4v) is 4.07. The molecule has 2 aliphatic rings. The van der Waals surface area contributed by atoms with Crippen molar-refractivity contribution in [1.29, 1.82) is 0 Å². The number of hydrogen-bond acceptors (Lipinski definition) is 2. The number of benzene rings is 1. The van der Waals surface area contributed by atoms with Gasteiger partial charge in [0.1, 0.15) is 0 Å². The van der Waals surface area contributed by atoms with Crippen molar-refractivity contribution in [2.45, 2.75) is 25.3 Å². The second-order valence-electron chi connectivity index (χ2n) is 5.68. The van der Waals surface area contributed by atoms with Crippen LogP contribution in [0.15, 0.2) is 12.1 Å². The van der Waals surface area contributed by atoms with Gasteiger partial charge < -0.3 is 11.1 Å². The van der Waals surface area contributed by atoms with Gasteiger partial charge in [-0.1, -0.05) is 23.2 Å². The lowest BCUT2D eigenvalue weighted by molar-refractivity contribution is -0.121. The molecule has 3 N–H and O–H groups in total. The standard InChI is InChI=1S/C14H15Cl2FN2O/c15-9-4-8(5-10(16)12(9)17)19-14(20)11-6-1-2-7(3-6)13(11)18/h4-7,11,13H,1-3,18H2,(H,19,20). The Kier molecular flexibility index (Phi) is 3.65. The van der Waals surface area contributed by atoms with Gasteiger partial charge >= 0.3 is 0 Å². The van der Waals surface area contributed by atoms with E-state index >= 15 is 0 Å². The van der Waals surface area contributed by atoms with Gasteiger partial charge in [0, 0.05) is 11.7 Å². The zero-order valence-electron chi connectivity index (χ0n) is 10.7. The van der Waals surface area contributed by atoms with Crippen molar-refractivity contribution in [1.82, 2.24) is 0 Å². The Hall–Kier alpha value is -0.840. The molecule has 0 heterocycles. The molecule has 108 valence electrons. The Labute approximate surface area is 126 Å². The first kappa shape index (κ1) is 14.1. The summed E-state index contributed by atoms with van der Waals surface area (Å²) < 4.78 is 13.3. The minimum Gasteiger partial charge on any atom is -0.327 e. The Morgan fingerprint density at radius 2 is 1.85 bits per heavy atom. The van der Waals surface area contributed by atoms with Crippen molar-refractivity contribution in [3.8, 4) is 0 Å². The topological polar surface area (TPSA) is 55.1 Å². The first-order chi connectivity index (χ1) is 9.47. The van der Waals surface area contributed by atoms with Crippen LogP contribution < -0.4 is 11.1 Å². The molecular formula is C14H15Cl2FN2O. The maximum Gasteiger partial charge on any atom is 0.229 e. The third-order valence-corrected chi connectivity index (χ3v) is 5.08. The molecule has 2 bridgehead atoms. The van der Waals surface area contributed by atoms with Gasteiger partial charge in [-0.25, -0.2) is 4.39 Å². The normalized spacial score (nSPS) is 31.6. The van der Waals surface area contributed by atoms with Crippen molar-refractivity contribution < 1.29 is 9.18 Å². The lowest BCUT2D eigenvalue weighted by atomic mass is 9.84. The lowest BCUT2D eigenvalue weighted by Gasteiger charge is -2.27. The number of hydrogen-bond donors (Lipinski definition) is 2. The Balaban J connectivity index is 1.77. The highest BCUT2D eigenvalue weighted by Crippen LogP contribution is 2.48. The Morgan fingerprint density at radius 3 is 2.40 bits per heavy atom. The minimum atomic E-state index is -0.678. The van der Waals surface area contributed by atoms with E-state index in [9.17, 15) is 9.18 Å². The second-order valence-corrected chi connectivity index (χ2v) is 6.49. The summed E-state index contributed by atoms with van der Waals surface area (Å²) in [5.74, 6) is -0.153. The zero-order valence-corrected chi connectivity index (χ0v) is 12.2. The largest absolute Gasteiger partial charge is 0.327 e. The van der Waals surface area contributed by atoms with Crippen molar-refractivity contribution in [2.24, 2.45) is 23.5 Å². The summed E-state index contributed by atoms with van der Waals surface area (Å²) in [4.78, 5) is 12.4. The van der Waals surface area contributed by atoms with Crippen LogP contribution in [-0.2, 0) is 4.79 Å². The number of fused-ring (bicyclic) bond motifs is 2. The molecule has 0 saturated heterocycles. The van der Waals surface area contributed by atoms with Crippen LogP contribution in [0.3, 0.4) is 0 Å². The van der Waals surface area contributed by atoms with E-state index in [0.29, 0.717) is 17.5 Å². The third-order valence-electron chi connectivity index (χ3n) is 4.53. The van der Waals surface area contributed by atoms with Crippen LogP contribution >= 0.6 is 23.2 Å². The van der Waals surface area contributed by atoms with Gasteiger partial charge in [-0.3, -0.25) is 4.79 Å². The van der Waals surface area contributed by atoms with E-state index < -0.39 is 5.82 Å². The Bertz CT molecular complexity index is 541. The van der Waals surface area contributed by atoms with Crippen molar-refractivity contribution in [2.75, 3.05) is 5.32 Å². The highest BCUT2D eigenvalue weighted by atomic mass is 35.5. The number of nitrogens with two attached hydrogens (primary N) is 1. The van der Waals surface area contributed by atoms with Crippen LogP contribution in [0.25, 0.3) is 0 Å². The van der Waals surface area contributed by atoms with E-state index in [-0.39, 0.29) is 27.9 Å².